The van der Waals surface area contributed by atoms with Crippen molar-refractivity contribution in [3.63, 3.8) is 0 Å². The third-order valence-corrected chi connectivity index (χ3v) is 6.38. The average Bonchev–Trinajstić information content (AvgIpc) is 3.14. The quantitative estimate of drug-likeness (QED) is 0.711. The number of carbonyl (C=O) groups is 1. The number of halogens is 3. The summed E-state index contributed by atoms with van der Waals surface area (Å²) in [5.74, 6) is 0.489. The van der Waals surface area contributed by atoms with Gasteiger partial charge in [0, 0.05) is 60.8 Å². The molecule has 0 spiro atoms. The minimum atomic E-state index is -4.56. The number of alkyl halides is 3. The highest BCUT2D eigenvalue weighted by atomic mass is 19.4. The summed E-state index contributed by atoms with van der Waals surface area (Å²) in [5.41, 5.74) is 2.47. The molecule has 31 heavy (non-hydrogen) atoms. The second-order valence-electron chi connectivity index (χ2n) is 8.47. The fourth-order valence-corrected chi connectivity index (χ4v) is 4.76. The van der Waals surface area contributed by atoms with Crippen LogP contribution in [0.15, 0.2) is 30.7 Å². The van der Waals surface area contributed by atoms with Gasteiger partial charge in [-0.2, -0.15) is 9.78 Å². The molecule has 2 N–H and O–H groups in total. The highest BCUT2D eigenvalue weighted by Gasteiger charge is 2.46. The van der Waals surface area contributed by atoms with Crippen molar-refractivity contribution in [3.05, 3.63) is 36.4 Å². The van der Waals surface area contributed by atoms with Gasteiger partial charge in [0.2, 0.25) is 5.91 Å². The van der Waals surface area contributed by atoms with Gasteiger partial charge >= 0.3 is 6.30 Å². The van der Waals surface area contributed by atoms with Gasteiger partial charge in [-0.15, -0.1) is 13.2 Å². The Balaban J connectivity index is 1.37. The molecule has 2 unspecified atom stereocenters. The molecule has 0 radical (unpaired) electrons. The van der Waals surface area contributed by atoms with Crippen LogP contribution in [-0.2, 0) is 11.1 Å². The number of piperazine rings is 1. The van der Waals surface area contributed by atoms with Gasteiger partial charge < -0.3 is 20.2 Å². The van der Waals surface area contributed by atoms with Gasteiger partial charge in [0.15, 0.2) is 0 Å². The Kier molecular flexibility index (Phi) is 4.67. The summed E-state index contributed by atoms with van der Waals surface area (Å²) in [4.78, 5) is 20.1. The lowest BCUT2D eigenvalue weighted by molar-refractivity contribution is -0.212. The minimum absolute atomic E-state index is 0.0167. The number of rotatable bonds is 5. The molecule has 164 valence electrons. The Morgan fingerprint density at radius 1 is 1.16 bits per heavy atom. The third kappa shape index (κ3) is 3.64. The first-order valence-corrected chi connectivity index (χ1v) is 10.4. The lowest BCUT2D eigenvalue weighted by atomic mass is 10.1. The molecule has 3 fully saturated rings. The summed E-state index contributed by atoms with van der Waals surface area (Å²) in [6.07, 6.45) is 6.06. The number of amides is 1. The molecule has 2 bridgehead atoms. The highest BCUT2D eigenvalue weighted by Crippen LogP contribution is 2.39. The molecule has 1 saturated carbocycles. The van der Waals surface area contributed by atoms with E-state index in [4.69, 9.17) is 5.41 Å². The molecule has 10 heteroatoms. The van der Waals surface area contributed by atoms with E-state index in [2.05, 4.69) is 19.9 Å². The Hall–Kier alpha value is -3.04. The van der Waals surface area contributed by atoms with Crippen LogP contribution in [0.3, 0.4) is 0 Å². The van der Waals surface area contributed by atoms with Gasteiger partial charge in [0.25, 0.3) is 0 Å². The summed E-state index contributed by atoms with van der Waals surface area (Å²) >= 11 is 0. The largest absolute Gasteiger partial charge is 0.504 e. The van der Waals surface area contributed by atoms with Crippen molar-refractivity contribution < 1.29 is 18.0 Å². The molecule has 2 atom stereocenters. The van der Waals surface area contributed by atoms with E-state index in [9.17, 15) is 18.0 Å². The van der Waals surface area contributed by atoms with E-state index < -0.39 is 6.30 Å². The zero-order valence-corrected chi connectivity index (χ0v) is 16.8. The number of allylic oxidation sites excluding steroid dienone is 1. The first-order valence-electron chi connectivity index (χ1n) is 10.4. The molecule has 2 aliphatic heterocycles. The van der Waals surface area contributed by atoms with E-state index in [1.165, 1.54) is 12.4 Å². The van der Waals surface area contributed by atoms with Gasteiger partial charge in [0.1, 0.15) is 0 Å². The smallest absolute Gasteiger partial charge is 0.366 e. The fourth-order valence-electron chi connectivity index (χ4n) is 4.76. The van der Waals surface area contributed by atoms with E-state index in [0.717, 1.165) is 43.3 Å². The normalized spacial score (nSPS) is 24.0. The molecule has 0 aromatic carbocycles. The number of H-pyrrole nitrogens is 1. The maximum Gasteiger partial charge on any atom is 0.504 e. The van der Waals surface area contributed by atoms with E-state index in [1.54, 1.807) is 18.3 Å². The fraction of sp³-hybridized carbons (Fsp3) is 0.476. The third-order valence-electron chi connectivity index (χ3n) is 6.38. The summed E-state index contributed by atoms with van der Waals surface area (Å²) in [6, 6.07) is 2.11. The average molecular weight is 432 g/mol. The zero-order valence-electron chi connectivity index (χ0n) is 16.8. The van der Waals surface area contributed by atoms with Crippen LogP contribution in [0.1, 0.15) is 31.4 Å². The van der Waals surface area contributed by atoms with Gasteiger partial charge in [-0.25, -0.2) is 0 Å². The van der Waals surface area contributed by atoms with Gasteiger partial charge in [-0.05, 0) is 37.8 Å². The number of nitrogens with zero attached hydrogens (tertiary/aromatic N) is 4. The van der Waals surface area contributed by atoms with E-state index in [0.29, 0.717) is 24.2 Å². The SMILES string of the molecule is N=C/C=C(\c1cc(-c2cnn(C(F)(F)F)c2)c[nH]1)N1CC2CCC(C1)N2C(=O)C1CC1. The molecule has 2 saturated heterocycles. The number of likely N-dealkylation sites (tertiary alicyclic amines) is 1. The predicted molar refractivity (Wildman–Crippen MR) is 108 cm³/mol. The van der Waals surface area contributed by atoms with Crippen molar-refractivity contribution in [1.82, 2.24) is 24.6 Å². The number of hydrogen-bond acceptors (Lipinski definition) is 4. The second kappa shape index (κ2) is 7.28. The molecule has 7 nitrogen and oxygen atoms in total. The molecule has 2 aromatic rings. The van der Waals surface area contributed by atoms with Crippen molar-refractivity contribution >= 4 is 17.8 Å². The van der Waals surface area contributed by atoms with Crippen molar-refractivity contribution in [2.45, 2.75) is 44.1 Å². The molecular formula is C21H23F3N6O. The van der Waals surface area contributed by atoms with Crippen LogP contribution in [-0.4, -0.2) is 61.9 Å². The van der Waals surface area contributed by atoms with E-state index in [-0.39, 0.29) is 28.6 Å². The lowest BCUT2D eigenvalue weighted by Crippen LogP contribution is -2.55. The van der Waals surface area contributed by atoms with Gasteiger partial charge in [-0.3, -0.25) is 4.79 Å². The maximum atomic E-state index is 12.8. The molecule has 3 aliphatic rings. The number of nitrogens with one attached hydrogen (secondary N) is 2. The van der Waals surface area contributed by atoms with E-state index >= 15 is 0 Å². The molecule has 1 amide bonds. The van der Waals surface area contributed by atoms with Gasteiger partial charge in [-0.1, -0.05) is 0 Å². The second-order valence-corrected chi connectivity index (χ2v) is 8.47. The van der Waals surface area contributed by atoms with Crippen LogP contribution >= 0.6 is 0 Å². The van der Waals surface area contributed by atoms with Crippen LogP contribution in [0, 0.1) is 11.3 Å². The molecule has 5 rings (SSSR count). The Labute approximate surface area is 177 Å². The Bertz CT molecular complexity index is 1020. The number of hydrogen-bond donors (Lipinski definition) is 2. The van der Waals surface area contributed by atoms with Crippen molar-refractivity contribution in [2.24, 2.45) is 5.92 Å². The number of carbonyl (C=O) groups excluding carboxylic acids is 1. The maximum absolute atomic E-state index is 12.8. The monoisotopic (exact) mass is 432 g/mol. The van der Waals surface area contributed by atoms with Gasteiger partial charge in [0.05, 0.1) is 17.6 Å². The van der Waals surface area contributed by atoms with Crippen LogP contribution in [0.4, 0.5) is 13.2 Å². The molecule has 1 aliphatic carbocycles. The summed E-state index contributed by atoms with van der Waals surface area (Å²) < 4.78 is 38.5. The highest BCUT2D eigenvalue weighted by molar-refractivity contribution is 5.84. The predicted octanol–water partition coefficient (Wildman–Crippen LogP) is 3.43. The topological polar surface area (TPSA) is 81.0 Å². The summed E-state index contributed by atoms with van der Waals surface area (Å²) in [5, 5.41) is 11.0. The first-order chi connectivity index (χ1) is 14.8. The standard InChI is InChI=1S/C21H23F3N6O/c22-21(23,24)29-10-15(9-27-29)14-7-18(26-8-14)19(5-6-25)28-11-16-3-4-17(12-28)30(16)20(31)13-1-2-13/h5-10,13,16-17,25-26H,1-4,11-12H2/b19-5+,25-6?. The molecule has 2 aromatic heterocycles. The first kappa shape index (κ1) is 19.9. The Morgan fingerprint density at radius 2 is 1.87 bits per heavy atom. The Morgan fingerprint density at radius 3 is 2.45 bits per heavy atom. The van der Waals surface area contributed by atoms with Crippen LogP contribution in [0.25, 0.3) is 16.8 Å². The van der Waals surface area contributed by atoms with Crippen molar-refractivity contribution in [3.8, 4) is 11.1 Å². The van der Waals surface area contributed by atoms with Crippen LogP contribution in [0.2, 0.25) is 0 Å². The molecule has 4 heterocycles. The minimum Gasteiger partial charge on any atom is -0.366 e. The summed E-state index contributed by atoms with van der Waals surface area (Å²) in [7, 11) is 0. The van der Waals surface area contributed by atoms with Crippen molar-refractivity contribution in [1.29, 1.82) is 5.41 Å². The van der Waals surface area contributed by atoms with Crippen LogP contribution in [0.5, 0.6) is 0 Å². The number of fused-ring (bicyclic) bond motifs is 2. The van der Waals surface area contributed by atoms with E-state index in [1.807, 2.05) is 0 Å². The number of aromatic amines is 1. The lowest BCUT2D eigenvalue weighted by Gasteiger charge is -2.43. The number of aromatic nitrogens is 3. The summed E-state index contributed by atoms with van der Waals surface area (Å²) in [6.45, 7) is 1.38. The zero-order chi connectivity index (χ0) is 21.8. The molecular weight excluding hydrogens is 409 g/mol. The van der Waals surface area contributed by atoms with Crippen LogP contribution < -0.4 is 0 Å². The van der Waals surface area contributed by atoms with Crippen molar-refractivity contribution in [2.75, 3.05) is 13.1 Å².